The summed E-state index contributed by atoms with van der Waals surface area (Å²) in [4.78, 5) is 38.3. The molecule has 0 aromatic carbocycles. The van der Waals surface area contributed by atoms with Gasteiger partial charge in [0.25, 0.3) is 0 Å². The number of hydrogen-bond acceptors (Lipinski definition) is 11. The van der Waals surface area contributed by atoms with E-state index in [1.165, 1.54) is 6.92 Å². The van der Waals surface area contributed by atoms with Gasteiger partial charge in [0.05, 0.1) is 22.9 Å². The molecule has 11 heteroatoms. The lowest BCUT2D eigenvalue weighted by Gasteiger charge is -2.47. The summed E-state index contributed by atoms with van der Waals surface area (Å²) in [6.07, 6.45) is -9.69. The Morgan fingerprint density at radius 3 is 2.19 bits per heavy atom. The van der Waals surface area contributed by atoms with Crippen molar-refractivity contribution in [3.63, 3.8) is 0 Å². The van der Waals surface area contributed by atoms with E-state index >= 15 is 0 Å². The van der Waals surface area contributed by atoms with Crippen molar-refractivity contribution in [2.45, 2.75) is 75.7 Å². The second-order valence-corrected chi connectivity index (χ2v) is 10.8. The largest absolute Gasteiger partial charge is 0.456 e. The number of ether oxygens (including phenoxy) is 4. The molecule has 170 valence electrons. The quantitative estimate of drug-likeness (QED) is 0.234. The molecule has 4 aliphatic heterocycles. The highest BCUT2D eigenvalue weighted by molar-refractivity contribution is 5.94. The number of fused-ring (bicyclic) bond motifs is 1. The van der Waals surface area contributed by atoms with Crippen molar-refractivity contribution in [2.24, 2.45) is 28.1 Å². The van der Waals surface area contributed by atoms with Crippen molar-refractivity contribution >= 4 is 17.9 Å². The molecule has 11 nitrogen and oxygen atoms in total. The third-order valence-corrected chi connectivity index (χ3v) is 8.95. The van der Waals surface area contributed by atoms with E-state index in [4.69, 9.17) is 18.9 Å². The molecule has 2 saturated carbocycles. The fourth-order valence-electron chi connectivity index (χ4n) is 8.27. The minimum atomic E-state index is -2.40. The van der Waals surface area contributed by atoms with E-state index in [0.29, 0.717) is 0 Å². The smallest absolute Gasteiger partial charge is 0.343 e. The van der Waals surface area contributed by atoms with Gasteiger partial charge >= 0.3 is 17.9 Å². The number of rotatable bonds is 0. The summed E-state index contributed by atoms with van der Waals surface area (Å²) in [5.41, 5.74) is -9.40. The van der Waals surface area contributed by atoms with Crippen LogP contribution < -0.4 is 0 Å². The SMILES string of the molecule is C[C@@H]1C(=O)O[C@H]2[C@H](O)C34[C@@H]5OC(=O)C3(O[C@H]3OC(=O)[C@H](O)C34[C@H](C(C)(C)C)[C@H]5O)[C@@]12O. The van der Waals surface area contributed by atoms with Crippen LogP contribution in [0.2, 0.25) is 0 Å². The Morgan fingerprint density at radius 1 is 0.935 bits per heavy atom. The average Bonchev–Trinajstić information content (AvgIpc) is 3.35. The van der Waals surface area contributed by atoms with Crippen LogP contribution in [0.25, 0.3) is 0 Å². The summed E-state index contributed by atoms with van der Waals surface area (Å²) in [6.45, 7) is 6.63. The van der Waals surface area contributed by atoms with E-state index in [-0.39, 0.29) is 0 Å². The lowest BCUT2D eigenvalue weighted by Crippen LogP contribution is -2.67. The van der Waals surface area contributed by atoms with Crippen LogP contribution in [0.4, 0.5) is 0 Å². The van der Waals surface area contributed by atoms with Crippen LogP contribution in [0, 0.1) is 28.1 Å². The molecule has 4 saturated heterocycles. The van der Waals surface area contributed by atoms with Gasteiger partial charge < -0.3 is 39.4 Å². The summed E-state index contributed by atoms with van der Waals surface area (Å²) in [5.74, 6) is -5.22. The van der Waals surface area contributed by atoms with Gasteiger partial charge in [-0.1, -0.05) is 20.8 Å². The Balaban J connectivity index is 1.75. The van der Waals surface area contributed by atoms with Gasteiger partial charge in [0.2, 0.25) is 11.9 Å². The molecule has 6 fully saturated rings. The van der Waals surface area contributed by atoms with Crippen molar-refractivity contribution < 1.29 is 53.8 Å². The molecule has 0 bridgehead atoms. The first-order valence-electron chi connectivity index (χ1n) is 10.3. The Bertz CT molecular complexity index is 957. The van der Waals surface area contributed by atoms with Crippen LogP contribution in [-0.2, 0) is 33.3 Å². The van der Waals surface area contributed by atoms with Crippen molar-refractivity contribution in [3.05, 3.63) is 0 Å². The fraction of sp³-hybridized carbons (Fsp3) is 0.850. The third-order valence-electron chi connectivity index (χ3n) is 8.95. The zero-order chi connectivity index (χ0) is 22.7. The van der Waals surface area contributed by atoms with E-state index in [1.807, 2.05) is 0 Å². The second kappa shape index (κ2) is 4.91. The van der Waals surface area contributed by atoms with Gasteiger partial charge in [0.1, 0.15) is 12.2 Å². The lowest BCUT2D eigenvalue weighted by molar-refractivity contribution is -0.240. The number of aliphatic hydroxyl groups excluding tert-OH is 3. The van der Waals surface area contributed by atoms with Gasteiger partial charge in [-0.2, -0.15) is 0 Å². The maximum atomic E-state index is 13.4. The molecule has 6 aliphatic rings. The fourth-order valence-corrected chi connectivity index (χ4v) is 8.27. The van der Waals surface area contributed by atoms with Crippen LogP contribution in [0.5, 0.6) is 0 Å². The standard InChI is InChI=1S/C20H24O11/c1-5-12(24)28-11-8(22)18-10-6(21)7(16(2,3)4)17(18)9(23)13(25)30-15(17)31-20(18,14(26)29-10)19(5,11)27/h5-11,15,21-23,27H,1-4H3/t5-,6-,7+,8+,9+,10-,11+,15-,17?,18?,19-,20?/m1/s1. The zero-order valence-corrected chi connectivity index (χ0v) is 17.3. The first kappa shape index (κ1) is 19.9. The molecule has 0 radical (unpaired) electrons. The molecule has 12 atom stereocenters. The molecular weight excluding hydrogens is 416 g/mol. The topological polar surface area (TPSA) is 169 Å². The summed E-state index contributed by atoms with van der Waals surface area (Å²) < 4.78 is 22.2. The van der Waals surface area contributed by atoms with Gasteiger partial charge in [-0.25, -0.2) is 9.59 Å². The molecule has 2 spiro atoms. The number of esters is 3. The highest BCUT2D eigenvalue weighted by Crippen LogP contribution is 2.84. The summed E-state index contributed by atoms with van der Waals surface area (Å²) in [5, 5.41) is 46.1. The number of aliphatic hydroxyl groups is 4. The Hall–Kier alpha value is -1.79. The minimum absolute atomic E-state index is 0.792. The maximum absolute atomic E-state index is 13.4. The van der Waals surface area contributed by atoms with E-state index in [9.17, 15) is 34.8 Å². The molecule has 0 aromatic rings. The van der Waals surface area contributed by atoms with Crippen molar-refractivity contribution in [2.75, 3.05) is 0 Å². The van der Waals surface area contributed by atoms with Crippen LogP contribution >= 0.6 is 0 Å². The molecule has 2 aliphatic carbocycles. The lowest BCUT2D eigenvalue weighted by atomic mass is 9.51. The first-order chi connectivity index (χ1) is 14.3. The molecule has 0 amide bonds. The molecule has 6 rings (SSSR count). The predicted molar refractivity (Wildman–Crippen MR) is 93.4 cm³/mol. The summed E-state index contributed by atoms with van der Waals surface area (Å²) in [7, 11) is 0. The van der Waals surface area contributed by atoms with Gasteiger partial charge in [0.15, 0.2) is 17.8 Å². The van der Waals surface area contributed by atoms with Crippen LogP contribution in [0.3, 0.4) is 0 Å². The van der Waals surface area contributed by atoms with Crippen molar-refractivity contribution in [3.8, 4) is 0 Å². The number of carbonyl (C=O) groups is 3. The molecule has 4 heterocycles. The third kappa shape index (κ3) is 1.43. The van der Waals surface area contributed by atoms with E-state index in [0.717, 1.165) is 0 Å². The van der Waals surface area contributed by atoms with E-state index in [1.54, 1.807) is 20.8 Å². The first-order valence-corrected chi connectivity index (χ1v) is 10.3. The Morgan fingerprint density at radius 2 is 1.58 bits per heavy atom. The normalized spacial score (nSPS) is 61.0. The van der Waals surface area contributed by atoms with Crippen LogP contribution in [-0.4, -0.2) is 86.3 Å². The molecular formula is C20H24O11. The highest BCUT2D eigenvalue weighted by atomic mass is 16.8. The maximum Gasteiger partial charge on any atom is 0.343 e. The van der Waals surface area contributed by atoms with Crippen LogP contribution in [0.15, 0.2) is 0 Å². The van der Waals surface area contributed by atoms with E-state index in [2.05, 4.69) is 0 Å². The van der Waals surface area contributed by atoms with Crippen molar-refractivity contribution in [1.82, 2.24) is 0 Å². The number of carbonyl (C=O) groups excluding carboxylic acids is 3. The minimum Gasteiger partial charge on any atom is -0.456 e. The van der Waals surface area contributed by atoms with Gasteiger partial charge in [-0.15, -0.1) is 0 Å². The number of hydrogen-bond donors (Lipinski definition) is 4. The van der Waals surface area contributed by atoms with Crippen LogP contribution in [0.1, 0.15) is 27.7 Å². The summed E-state index contributed by atoms with van der Waals surface area (Å²) >= 11 is 0. The van der Waals surface area contributed by atoms with Gasteiger partial charge in [-0.3, -0.25) is 4.79 Å². The van der Waals surface area contributed by atoms with Gasteiger partial charge in [0, 0.05) is 5.92 Å². The Labute approximate surface area is 176 Å². The van der Waals surface area contributed by atoms with Crippen molar-refractivity contribution in [1.29, 1.82) is 0 Å². The molecule has 4 N–H and O–H groups in total. The molecule has 0 aromatic heterocycles. The molecule has 31 heavy (non-hydrogen) atoms. The second-order valence-electron chi connectivity index (χ2n) is 10.8. The Kier molecular flexibility index (Phi) is 3.15. The molecule has 3 unspecified atom stereocenters. The summed E-state index contributed by atoms with van der Waals surface area (Å²) in [6, 6.07) is 0. The van der Waals surface area contributed by atoms with E-state index < -0.39 is 94.0 Å². The zero-order valence-electron chi connectivity index (χ0n) is 17.3. The van der Waals surface area contributed by atoms with Gasteiger partial charge in [-0.05, 0) is 12.3 Å². The predicted octanol–water partition coefficient (Wildman–Crippen LogP) is -2.40. The monoisotopic (exact) mass is 440 g/mol. The average molecular weight is 440 g/mol. The highest BCUT2D eigenvalue weighted by Gasteiger charge is 3.05.